The van der Waals surface area contributed by atoms with Gasteiger partial charge >= 0.3 is 0 Å². The molecular formula is C23H21N5O3. The number of amides is 1. The van der Waals surface area contributed by atoms with E-state index >= 15 is 0 Å². The van der Waals surface area contributed by atoms with Gasteiger partial charge in [-0.3, -0.25) is 14.0 Å². The lowest BCUT2D eigenvalue weighted by Gasteiger charge is -2.35. The quantitative estimate of drug-likeness (QED) is 0.555. The van der Waals surface area contributed by atoms with Gasteiger partial charge in [0.05, 0.1) is 19.1 Å². The third-order valence-corrected chi connectivity index (χ3v) is 5.78. The number of imidazole rings is 1. The van der Waals surface area contributed by atoms with Crippen LogP contribution >= 0.6 is 0 Å². The number of ether oxygens (including phenoxy) is 1. The zero-order valence-electron chi connectivity index (χ0n) is 17.2. The summed E-state index contributed by atoms with van der Waals surface area (Å²) in [5, 5.41) is 0. The maximum atomic E-state index is 13.6. The molecule has 0 radical (unpaired) electrons. The number of hydrogen-bond acceptors (Lipinski definition) is 5. The molecule has 0 spiro atoms. The fourth-order valence-corrected chi connectivity index (χ4v) is 4.17. The van der Waals surface area contributed by atoms with E-state index in [2.05, 4.69) is 15.0 Å². The Labute approximate surface area is 178 Å². The predicted molar refractivity (Wildman–Crippen MR) is 114 cm³/mol. The van der Waals surface area contributed by atoms with E-state index in [1.54, 1.807) is 30.6 Å². The highest BCUT2D eigenvalue weighted by atomic mass is 16.5. The highest BCUT2D eigenvalue weighted by Gasteiger charge is 2.35. The molecule has 0 fully saturated rings. The standard InChI is InChI=1S/C23H21N5O3/c1-14-4-3-10-28-21(14)24-12-17(23(28)30)22(29)27-11-9-18-19(26-13-25-18)20(27)15-5-7-16(31-2)8-6-15/h3-8,10,12-13,20H,9,11H2,1-2H3,(H,25,26). The van der Waals surface area contributed by atoms with Crippen LogP contribution in [0.15, 0.2) is 59.9 Å². The molecule has 4 aromatic rings. The number of pyridine rings is 1. The molecule has 1 aromatic carbocycles. The van der Waals surface area contributed by atoms with Crippen LogP contribution in [0.5, 0.6) is 5.75 Å². The van der Waals surface area contributed by atoms with Gasteiger partial charge < -0.3 is 14.6 Å². The Hall–Kier alpha value is -3.94. The maximum absolute atomic E-state index is 13.6. The number of aryl methyl sites for hydroxylation is 1. The molecule has 0 bridgehead atoms. The van der Waals surface area contributed by atoms with Crippen molar-refractivity contribution in [2.24, 2.45) is 0 Å². The van der Waals surface area contributed by atoms with E-state index in [1.165, 1.54) is 10.6 Å². The van der Waals surface area contributed by atoms with Crippen LogP contribution in [0.1, 0.15) is 38.9 Å². The van der Waals surface area contributed by atoms with Gasteiger partial charge in [-0.05, 0) is 36.2 Å². The molecule has 1 amide bonds. The van der Waals surface area contributed by atoms with E-state index in [1.807, 2.05) is 37.3 Å². The van der Waals surface area contributed by atoms with E-state index in [9.17, 15) is 9.59 Å². The van der Waals surface area contributed by atoms with Gasteiger partial charge in [0.25, 0.3) is 11.5 Å². The summed E-state index contributed by atoms with van der Waals surface area (Å²) in [5.41, 5.74) is 3.76. The smallest absolute Gasteiger partial charge is 0.270 e. The number of carbonyl (C=O) groups excluding carboxylic acids is 1. The Morgan fingerprint density at radius 1 is 1.19 bits per heavy atom. The number of methoxy groups -OCH3 is 1. The average Bonchev–Trinajstić information content (AvgIpc) is 3.28. The van der Waals surface area contributed by atoms with Gasteiger partial charge in [-0.2, -0.15) is 0 Å². The number of aromatic nitrogens is 4. The van der Waals surface area contributed by atoms with Crippen LogP contribution in [-0.4, -0.2) is 43.8 Å². The molecule has 1 N–H and O–H groups in total. The summed E-state index contributed by atoms with van der Waals surface area (Å²) in [6, 6.07) is 10.8. The Balaban J connectivity index is 1.61. The van der Waals surface area contributed by atoms with Crippen molar-refractivity contribution in [1.29, 1.82) is 0 Å². The van der Waals surface area contributed by atoms with E-state index in [0.29, 0.717) is 18.6 Å². The lowest BCUT2D eigenvalue weighted by atomic mass is 9.95. The Bertz CT molecular complexity index is 1340. The molecule has 1 aliphatic rings. The van der Waals surface area contributed by atoms with E-state index in [4.69, 9.17) is 4.74 Å². The average molecular weight is 415 g/mol. The molecule has 3 aromatic heterocycles. The number of hydrogen-bond donors (Lipinski definition) is 1. The fourth-order valence-electron chi connectivity index (χ4n) is 4.17. The van der Waals surface area contributed by atoms with Crippen LogP contribution < -0.4 is 10.3 Å². The summed E-state index contributed by atoms with van der Waals surface area (Å²) in [6.07, 6.45) is 5.30. The first-order chi connectivity index (χ1) is 15.1. The number of carbonyl (C=O) groups is 1. The van der Waals surface area contributed by atoms with Crippen LogP contribution in [0, 0.1) is 6.92 Å². The molecule has 5 rings (SSSR count). The molecule has 4 heterocycles. The fraction of sp³-hybridized carbons (Fsp3) is 0.217. The molecule has 8 nitrogen and oxygen atoms in total. The highest BCUT2D eigenvalue weighted by molar-refractivity contribution is 5.94. The number of fused-ring (bicyclic) bond motifs is 2. The van der Waals surface area contributed by atoms with Crippen molar-refractivity contribution in [3.63, 3.8) is 0 Å². The first-order valence-corrected chi connectivity index (χ1v) is 10.0. The minimum atomic E-state index is -0.411. The van der Waals surface area contributed by atoms with Crippen molar-refractivity contribution >= 4 is 11.6 Å². The zero-order valence-corrected chi connectivity index (χ0v) is 17.2. The molecule has 0 saturated heterocycles. The van der Waals surface area contributed by atoms with E-state index in [-0.39, 0.29) is 17.0 Å². The van der Waals surface area contributed by atoms with Gasteiger partial charge in [0.1, 0.15) is 23.0 Å². The van der Waals surface area contributed by atoms with Crippen LogP contribution in [0.2, 0.25) is 0 Å². The molecule has 1 atom stereocenters. The SMILES string of the molecule is COc1ccc(C2c3nc[nH]c3CCN2C(=O)c2cnc3c(C)cccn3c2=O)cc1. The monoisotopic (exact) mass is 415 g/mol. The maximum Gasteiger partial charge on any atom is 0.270 e. The Morgan fingerprint density at radius 3 is 2.77 bits per heavy atom. The van der Waals surface area contributed by atoms with Crippen molar-refractivity contribution < 1.29 is 9.53 Å². The lowest BCUT2D eigenvalue weighted by Crippen LogP contribution is -2.43. The minimum absolute atomic E-state index is 0.0422. The van der Waals surface area contributed by atoms with Crippen molar-refractivity contribution in [2.75, 3.05) is 13.7 Å². The molecule has 8 heteroatoms. The number of benzene rings is 1. The third-order valence-electron chi connectivity index (χ3n) is 5.78. The molecular weight excluding hydrogens is 394 g/mol. The number of H-pyrrole nitrogens is 1. The largest absolute Gasteiger partial charge is 0.497 e. The van der Waals surface area contributed by atoms with Crippen molar-refractivity contribution in [2.45, 2.75) is 19.4 Å². The molecule has 156 valence electrons. The molecule has 1 aliphatic heterocycles. The normalized spacial score (nSPS) is 15.7. The van der Waals surface area contributed by atoms with Crippen molar-refractivity contribution in [1.82, 2.24) is 24.3 Å². The first kappa shape index (κ1) is 19.0. The molecule has 31 heavy (non-hydrogen) atoms. The Kier molecular flexibility index (Phi) is 4.54. The third kappa shape index (κ3) is 3.07. The summed E-state index contributed by atoms with van der Waals surface area (Å²) >= 11 is 0. The highest BCUT2D eigenvalue weighted by Crippen LogP contribution is 2.34. The molecule has 0 aliphatic carbocycles. The number of aromatic amines is 1. The summed E-state index contributed by atoms with van der Waals surface area (Å²) < 4.78 is 6.69. The lowest BCUT2D eigenvalue weighted by molar-refractivity contribution is 0.0688. The van der Waals surface area contributed by atoms with E-state index < -0.39 is 6.04 Å². The van der Waals surface area contributed by atoms with Gasteiger partial charge in [-0.25, -0.2) is 9.97 Å². The second-order valence-corrected chi connectivity index (χ2v) is 7.55. The topological polar surface area (TPSA) is 92.6 Å². The number of nitrogens with zero attached hydrogens (tertiary/aromatic N) is 4. The predicted octanol–water partition coefficient (Wildman–Crippen LogP) is 2.52. The van der Waals surface area contributed by atoms with Gasteiger partial charge in [-0.1, -0.05) is 18.2 Å². The zero-order chi connectivity index (χ0) is 21.5. The number of nitrogens with one attached hydrogen (secondary N) is 1. The number of rotatable bonds is 3. The second-order valence-electron chi connectivity index (χ2n) is 7.55. The Morgan fingerprint density at radius 2 is 2.00 bits per heavy atom. The summed E-state index contributed by atoms with van der Waals surface area (Å²) in [5.74, 6) is 0.370. The molecule has 1 unspecified atom stereocenters. The first-order valence-electron chi connectivity index (χ1n) is 10.0. The van der Waals surface area contributed by atoms with Gasteiger partial charge in [0.2, 0.25) is 0 Å². The molecule has 0 saturated carbocycles. The van der Waals surface area contributed by atoms with Crippen LogP contribution in [0.3, 0.4) is 0 Å². The van der Waals surface area contributed by atoms with Crippen molar-refractivity contribution in [3.05, 3.63) is 93.6 Å². The second kappa shape index (κ2) is 7.39. The minimum Gasteiger partial charge on any atom is -0.497 e. The van der Waals surface area contributed by atoms with Gasteiger partial charge in [-0.15, -0.1) is 0 Å². The van der Waals surface area contributed by atoms with Crippen LogP contribution in [0.4, 0.5) is 0 Å². The van der Waals surface area contributed by atoms with E-state index in [0.717, 1.165) is 28.3 Å². The summed E-state index contributed by atoms with van der Waals surface area (Å²) in [4.78, 5) is 40.5. The summed E-state index contributed by atoms with van der Waals surface area (Å²) in [7, 11) is 1.61. The van der Waals surface area contributed by atoms with Gasteiger partial charge in [0.15, 0.2) is 0 Å². The van der Waals surface area contributed by atoms with Crippen molar-refractivity contribution in [3.8, 4) is 5.75 Å². The summed E-state index contributed by atoms with van der Waals surface area (Å²) in [6.45, 7) is 2.34. The van der Waals surface area contributed by atoms with Crippen LogP contribution in [-0.2, 0) is 6.42 Å². The van der Waals surface area contributed by atoms with Gasteiger partial charge in [0, 0.05) is 31.1 Å². The van der Waals surface area contributed by atoms with Crippen LogP contribution in [0.25, 0.3) is 5.65 Å².